The first-order valence-corrected chi connectivity index (χ1v) is 10.4. The van der Waals surface area contributed by atoms with Crippen LogP contribution < -0.4 is 4.72 Å². The van der Waals surface area contributed by atoms with Gasteiger partial charge < -0.3 is 9.80 Å². The van der Waals surface area contributed by atoms with Gasteiger partial charge in [-0.2, -0.15) is 0 Å². The number of likely N-dealkylation sites (tertiary alicyclic amines) is 2. The maximum atomic E-state index is 11.9. The SMILES string of the molecule is CC(C)S(=O)(=O)NC[C@@H]1CCCN(CCN2CCCCC2)C1. The minimum absolute atomic E-state index is 0.341. The summed E-state index contributed by atoms with van der Waals surface area (Å²) in [6, 6.07) is 0. The van der Waals surface area contributed by atoms with Crippen molar-refractivity contribution in [1.82, 2.24) is 14.5 Å². The van der Waals surface area contributed by atoms with E-state index in [0.717, 1.165) is 19.5 Å². The topological polar surface area (TPSA) is 52.7 Å². The molecule has 130 valence electrons. The molecule has 0 spiro atoms. The van der Waals surface area contributed by atoms with E-state index >= 15 is 0 Å². The van der Waals surface area contributed by atoms with Crippen LogP contribution in [0.15, 0.2) is 0 Å². The van der Waals surface area contributed by atoms with Gasteiger partial charge in [0.25, 0.3) is 0 Å². The molecule has 2 aliphatic rings. The molecule has 0 aromatic rings. The Bertz CT molecular complexity index is 419. The van der Waals surface area contributed by atoms with Crippen molar-refractivity contribution in [3.8, 4) is 0 Å². The van der Waals surface area contributed by atoms with Crippen LogP contribution in [0.4, 0.5) is 0 Å². The van der Waals surface area contributed by atoms with Gasteiger partial charge in [0.1, 0.15) is 0 Å². The Hall–Kier alpha value is -0.170. The van der Waals surface area contributed by atoms with Crippen molar-refractivity contribution in [3.05, 3.63) is 0 Å². The summed E-state index contributed by atoms with van der Waals surface area (Å²) in [4.78, 5) is 5.10. The molecule has 0 amide bonds. The van der Waals surface area contributed by atoms with E-state index in [0.29, 0.717) is 12.5 Å². The minimum atomic E-state index is -3.12. The van der Waals surface area contributed by atoms with E-state index in [4.69, 9.17) is 0 Å². The fourth-order valence-corrected chi connectivity index (χ4v) is 4.19. The zero-order valence-corrected chi connectivity index (χ0v) is 15.1. The van der Waals surface area contributed by atoms with Crippen LogP contribution in [0.1, 0.15) is 46.0 Å². The van der Waals surface area contributed by atoms with Crippen molar-refractivity contribution in [3.63, 3.8) is 0 Å². The van der Waals surface area contributed by atoms with Crippen LogP contribution in [0.2, 0.25) is 0 Å². The van der Waals surface area contributed by atoms with Crippen LogP contribution in [0, 0.1) is 5.92 Å². The Labute approximate surface area is 136 Å². The molecular weight excluding hydrogens is 298 g/mol. The zero-order valence-electron chi connectivity index (χ0n) is 14.3. The second kappa shape index (κ2) is 8.62. The highest BCUT2D eigenvalue weighted by molar-refractivity contribution is 7.90. The third-order valence-corrected chi connectivity index (χ3v) is 6.79. The first kappa shape index (κ1) is 18.2. The molecule has 2 fully saturated rings. The molecule has 0 saturated carbocycles. The number of nitrogens with one attached hydrogen (secondary N) is 1. The minimum Gasteiger partial charge on any atom is -0.302 e. The Morgan fingerprint density at radius 3 is 2.32 bits per heavy atom. The van der Waals surface area contributed by atoms with Crippen LogP contribution in [0.3, 0.4) is 0 Å². The van der Waals surface area contributed by atoms with Gasteiger partial charge in [0.2, 0.25) is 10.0 Å². The molecule has 0 aromatic carbocycles. The van der Waals surface area contributed by atoms with E-state index in [-0.39, 0.29) is 5.25 Å². The summed E-state index contributed by atoms with van der Waals surface area (Å²) < 4.78 is 26.5. The highest BCUT2D eigenvalue weighted by atomic mass is 32.2. The molecule has 22 heavy (non-hydrogen) atoms. The number of sulfonamides is 1. The summed E-state index contributed by atoms with van der Waals surface area (Å²) in [5, 5.41) is -0.341. The lowest BCUT2D eigenvalue weighted by atomic mass is 9.98. The lowest BCUT2D eigenvalue weighted by Gasteiger charge is -2.35. The fraction of sp³-hybridized carbons (Fsp3) is 1.00. The van der Waals surface area contributed by atoms with Crippen molar-refractivity contribution in [2.75, 3.05) is 45.8 Å². The van der Waals surface area contributed by atoms with Crippen LogP contribution in [0.5, 0.6) is 0 Å². The Kier molecular flexibility index (Phi) is 7.12. The smallest absolute Gasteiger partial charge is 0.213 e. The first-order chi connectivity index (χ1) is 10.5. The number of nitrogens with zero attached hydrogens (tertiary/aromatic N) is 2. The summed E-state index contributed by atoms with van der Waals surface area (Å²) in [5.41, 5.74) is 0. The number of hydrogen-bond acceptors (Lipinski definition) is 4. The van der Waals surface area contributed by atoms with Gasteiger partial charge in [0, 0.05) is 26.2 Å². The Morgan fingerprint density at radius 2 is 1.64 bits per heavy atom. The summed E-state index contributed by atoms with van der Waals surface area (Å²) in [6.45, 7) is 11.1. The number of hydrogen-bond donors (Lipinski definition) is 1. The molecule has 2 heterocycles. The molecule has 2 saturated heterocycles. The summed E-state index contributed by atoms with van der Waals surface area (Å²) >= 11 is 0. The molecule has 0 aromatic heterocycles. The lowest BCUT2D eigenvalue weighted by Crippen LogP contribution is -2.45. The molecule has 1 N–H and O–H groups in total. The van der Waals surface area contributed by atoms with Crippen LogP contribution in [0.25, 0.3) is 0 Å². The summed E-state index contributed by atoms with van der Waals surface area (Å²) in [6.07, 6.45) is 6.41. The highest BCUT2D eigenvalue weighted by Gasteiger charge is 2.23. The standard InChI is InChI=1S/C16H33N3O2S/c1-15(2)22(20,21)17-13-16-7-6-10-19(14-16)12-11-18-8-4-3-5-9-18/h15-17H,3-14H2,1-2H3/t16-/m0/s1. The van der Waals surface area contributed by atoms with Crippen molar-refractivity contribution in [2.45, 2.75) is 51.2 Å². The fourth-order valence-electron chi connectivity index (χ4n) is 3.39. The van der Waals surface area contributed by atoms with Gasteiger partial charge in [-0.15, -0.1) is 0 Å². The molecule has 0 aliphatic carbocycles. The molecular formula is C16H33N3O2S. The van der Waals surface area contributed by atoms with Gasteiger partial charge in [-0.25, -0.2) is 13.1 Å². The first-order valence-electron chi connectivity index (χ1n) is 8.90. The average Bonchev–Trinajstić information content (AvgIpc) is 2.52. The third-order valence-electron chi connectivity index (χ3n) is 4.98. The lowest BCUT2D eigenvalue weighted by molar-refractivity contribution is 0.140. The van der Waals surface area contributed by atoms with Crippen LogP contribution >= 0.6 is 0 Å². The molecule has 2 aliphatic heterocycles. The van der Waals surface area contributed by atoms with E-state index in [9.17, 15) is 8.42 Å². The van der Waals surface area contributed by atoms with E-state index in [1.165, 1.54) is 51.9 Å². The van der Waals surface area contributed by atoms with Crippen LogP contribution in [-0.4, -0.2) is 69.3 Å². The van der Waals surface area contributed by atoms with Crippen LogP contribution in [-0.2, 0) is 10.0 Å². The van der Waals surface area contributed by atoms with E-state index in [2.05, 4.69) is 14.5 Å². The molecule has 5 nitrogen and oxygen atoms in total. The van der Waals surface area contributed by atoms with Gasteiger partial charge >= 0.3 is 0 Å². The second-order valence-corrected chi connectivity index (χ2v) is 9.47. The predicted molar refractivity (Wildman–Crippen MR) is 91.5 cm³/mol. The van der Waals surface area contributed by atoms with Gasteiger partial charge in [0.15, 0.2) is 0 Å². The maximum absolute atomic E-state index is 11.9. The largest absolute Gasteiger partial charge is 0.302 e. The van der Waals surface area contributed by atoms with Crippen molar-refractivity contribution in [1.29, 1.82) is 0 Å². The Balaban J connectivity index is 1.69. The summed E-state index contributed by atoms with van der Waals surface area (Å²) in [5.74, 6) is 0.462. The van der Waals surface area contributed by atoms with E-state index in [1.54, 1.807) is 13.8 Å². The van der Waals surface area contributed by atoms with Gasteiger partial charge in [-0.05, 0) is 65.1 Å². The van der Waals surface area contributed by atoms with Gasteiger partial charge in [-0.1, -0.05) is 6.42 Å². The van der Waals surface area contributed by atoms with Crippen molar-refractivity contribution < 1.29 is 8.42 Å². The van der Waals surface area contributed by atoms with E-state index in [1.807, 2.05) is 0 Å². The summed E-state index contributed by atoms with van der Waals surface area (Å²) in [7, 11) is -3.12. The molecule has 1 atom stereocenters. The van der Waals surface area contributed by atoms with Crippen molar-refractivity contribution in [2.24, 2.45) is 5.92 Å². The van der Waals surface area contributed by atoms with Gasteiger partial charge in [0.05, 0.1) is 5.25 Å². The number of rotatable bonds is 7. The third kappa shape index (κ3) is 5.80. The number of piperidine rings is 2. The molecule has 0 unspecified atom stereocenters. The van der Waals surface area contributed by atoms with Crippen molar-refractivity contribution >= 4 is 10.0 Å². The molecule has 6 heteroatoms. The predicted octanol–water partition coefficient (Wildman–Crippen LogP) is 1.51. The molecule has 0 bridgehead atoms. The molecule has 0 radical (unpaired) electrons. The second-order valence-electron chi connectivity index (χ2n) is 7.15. The van der Waals surface area contributed by atoms with Gasteiger partial charge in [-0.3, -0.25) is 0 Å². The quantitative estimate of drug-likeness (QED) is 0.768. The Morgan fingerprint density at radius 1 is 1.00 bits per heavy atom. The highest BCUT2D eigenvalue weighted by Crippen LogP contribution is 2.17. The molecule has 2 rings (SSSR count). The normalized spacial score (nSPS) is 25.7. The zero-order chi connectivity index (χ0) is 16.0. The average molecular weight is 332 g/mol. The van der Waals surface area contributed by atoms with E-state index < -0.39 is 10.0 Å². The maximum Gasteiger partial charge on any atom is 0.213 e. The monoisotopic (exact) mass is 331 g/mol.